The van der Waals surface area contributed by atoms with Gasteiger partial charge in [0.25, 0.3) is 0 Å². The van der Waals surface area contributed by atoms with E-state index in [-0.39, 0.29) is 85.5 Å². The van der Waals surface area contributed by atoms with Crippen molar-refractivity contribution in [3.63, 3.8) is 0 Å². The minimum Gasteiger partial charge on any atom is -0.486 e. The van der Waals surface area contributed by atoms with Crippen molar-refractivity contribution >= 4 is 40.9 Å². The van der Waals surface area contributed by atoms with Crippen LogP contribution in [-0.4, -0.2) is 143 Å². The molecule has 18 nitrogen and oxygen atoms in total. The molecule has 1 heterocycles. The fraction of sp³-hybridized carbons (Fsp3) is 0.710. The number of hydrogen-bond acceptors (Lipinski definition) is 15. The van der Waals surface area contributed by atoms with E-state index in [2.05, 4.69) is 41.6 Å². The van der Waals surface area contributed by atoms with Gasteiger partial charge in [-0.2, -0.15) is 0 Å². The van der Waals surface area contributed by atoms with Crippen LogP contribution in [0.5, 0.6) is 5.75 Å². The highest BCUT2D eigenvalue weighted by molar-refractivity contribution is 6.01. The van der Waals surface area contributed by atoms with E-state index >= 15 is 0 Å². The Kier molecular flexibility index (Phi) is 21.3. The second kappa shape index (κ2) is 27.8. The maximum absolute atomic E-state index is 14.7. The van der Waals surface area contributed by atoms with Gasteiger partial charge in [-0.1, -0.05) is 59.6 Å². The van der Waals surface area contributed by atoms with Crippen LogP contribution >= 0.6 is 0 Å². The maximum Gasteiger partial charge on any atom is 0.407 e. The van der Waals surface area contributed by atoms with Crippen molar-refractivity contribution in [1.82, 2.24) is 10.6 Å². The Labute approximate surface area is 472 Å². The Morgan fingerprint density at radius 1 is 0.863 bits per heavy atom. The maximum atomic E-state index is 14.7. The molecule has 1 aromatic rings. The number of nitrogens with one attached hydrogen (secondary N) is 3. The van der Waals surface area contributed by atoms with Crippen LogP contribution in [0.3, 0.4) is 0 Å². The molecular formula is C62H87N3O15. The molecule has 4 N–H and O–H groups in total. The quantitative estimate of drug-likeness (QED) is 0.0445. The first-order valence-electron chi connectivity index (χ1n) is 29.5. The van der Waals surface area contributed by atoms with Gasteiger partial charge in [-0.3, -0.25) is 24.0 Å². The largest absolute Gasteiger partial charge is 0.486 e. The van der Waals surface area contributed by atoms with Gasteiger partial charge in [-0.05, 0) is 117 Å². The van der Waals surface area contributed by atoms with E-state index in [1.807, 2.05) is 26.8 Å². The van der Waals surface area contributed by atoms with Gasteiger partial charge in [-0.25, -0.2) is 4.79 Å². The number of amides is 3. The molecule has 0 spiro atoms. The molecule has 1 aliphatic heterocycles. The Bertz CT molecular complexity index is 2450. The van der Waals surface area contributed by atoms with Crippen molar-refractivity contribution in [3.05, 3.63) is 48.1 Å². The number of aliphatic hydroxyl groups is 1. The summed E-state index contributed by atoms with van der Waals surface area (Å²) in [5.41, 5.74) is -0.939. The molecule has 0 aromatic heterocycles. The first-order valence-corrected chi connectivity index (χ1v) is 29.5. The Morgan fingerprint density at radius 3 is 2.19 bits per heavy atom. The third-order valence-corrected chi connectivity index (χ3v) is 18.4. The van der Waals surface area contributed by atoms with Gasteiger partial charge in [0.1, 0.15) is 12.4 Å². The lowest BCUT2D eigenvalue weighted by atomic mass is 9.46. The molecule has 6 aliphatic carbocycles. The summed E-state index contributed by atoms with van der Waals surface area (Å²) in [4.78, 5) is 78.8. The van der Waals surface area contributed by atoms with E-state index in [0.717, 1.165) is 50.5 Å². The molecule has 1 aromatic carbocycles. The second-order valence-electron chi connectivity index (χ2n) is 23.9. The van der Waals surface area contributed by atoms with Crippen molar-refractivity contribution in [2.24, 2.45) is 58.2 Å². The van der Waals surface area contributed by atoms with Gasteiger partial charge in [0.15, 0.2) is 23.5 Å². The topological polar surface area (TPSA) is 233 Å². The minimum absolute atomic E-state index is 0.0166. The van der Waals surface area contributed by atoms with E-state index in [1.165, 1.54) is 0 Å². The Hall–Kier alpha value is -5.00. The fourth-order valence-corrected chi connectivity index (χ4v) is 14.2. The third-order valence-electron chi connectivity index (χ3n) is 18.4. The van der Waals surface area contributed by atoms with E-state index in [9.17, 15) is 33.9 Å². The molecule has 13 atom stereocenters. The highest BCUT2D eigenvalue weighted by atomic mass is 16.7. The van der Waals surface area contributed by atoms with Crippen LogP contribution in [-0.2, 0) is 57.1 Å². The fourth-order valence-electron chi connectivity index (χ4n) is 14.2. The molecular weight excluding hydrogens is 1030 g/mol. The predicted octanol–water partition coefficient (Wildman–Crippen LogP) is 7.10. The van der Waals surface area contributed by atoms with Crippen LogP contribution in [0.25, 0.3) is 0 Å². The molecule has 0 bridgehead atoms. The summed E-state index contributed by atoms with van der Waals surface area (Å²) >= 11 is 0. The number of carbonyl (C=O) groups is 6. The molecule has 440 valence electrons. The Balaban J connectivity index is 0.682. The van der Waals surface area contributed by atoms with Gasteiger partial charge in [0, 0.05) is 60.6 Å². The van der Waals surface area contributed by atoms with Crippen LogP contribution in [0.2, 0.25) is 0 Å². The summed E-state index contributed by atoms with van der Waals surface area (Å²) in [6.07, 6.45) is 11.2. The average molecular weight is 1110 g/mol. The molecule has 0 radical (unpaired) electrons. The highest BCUT2D eigenvalue weighted by Crippen LogP contribution is 2.70. The molecule has 4 saturated carbocycles. The zero-order valence-electron chi connectivity index (χ0n) is 47.9. The number of rotatable bonds is 30. The molecule has 1 saturated heterocycles. The number of ether oxygens (including phenoxy) is 8. The lowest BCUT2D eigenvalue weighted by Crippen LogP contribution is -2.63. The summed E-state index contributed by atoms with van der Waals surface area (Å²) in [5.74, 6) is 6.46. The number of ketones is 3. The number of hydrogen-bond donors (Lipinski definition) is 4. The van der Waals surface area contributed by atoms with Gasteiger partial charge < -0.3 is 59.0 Å². The number of anilines is 1. The summed E-state index contributed by atoms with van der Waals surface area (Å²) in [6, 6.07) is 5.90. The second-order valence-corrected chi connectivity index (χ2v) is 23.9. The van der Waals surface area contributed by atoms with Crippen molar-refractivity contribution in [2.45, 2.75) is 149 Å². The van der Waals surface area contributed by atoms with Crippen molar-refractivity contribution < 1.29 is 71.8 Å². The van der Waals surface area contributed by atoms with E-state index in [0.29, 0.717) is 101 Å². The monoisotopic (exact) mass is 1110 g/mol. The zero-order valence-corrected chi connectivity index (χ0v) is 47.9. The van der Waals surface area contributed by atoms with Gasteiger partial charge in [0.05, 0.1) is 77.7 Å². The summed E-state index contributed by atoms with van der Waals surface area (Å²) in [7, 11) is 0. The molecule has 3 unspecified atom stereocenters. The Morgan fingerprint density at radius 2 is 1.52 bits per heavy atom. The predicted molar refractivity (Wildman–Crippen MR) is 296 cm³/mol. The molecule has 5 fully saturated rings. The molecule has 80 heavy (non-hydrogen) atoms. The van der Waals surface area contributed by atoms with E-state index < -0.39 is 53.0 Å². The summed E-state index contributed by atoms with van der Waals surface area (Å²) in [6.45, 7) is 14.7. The van der Waals surface area contributed by atoms with Crippen LogP contribution < -0.4 is 20.7 Å². The minimum atomic E-state index is -1.31. The first kappa shape index (κ1) is 61.1. The van der Waals surface area contributed by atoms with E-state index in [1.54, 1.807) is 43.3 Å². The van der Waals surface area contributed by atoms with Crippen LogP contribution in [0.1, 0.15) is 119 Å². The lowest BCUT2D eigenvalue weighted by Gasteiger charge is -2.59. The highest BCUT2D eigenvalue weighted by Gasteiger charge is 2.76. The third kappa shape index (κ3) is 14.2. The first-order chi connectivity index (χ1) is 38.5. The molecule has 7 aliphatic rings. The molecule has 18 heteroatoms. The molecule has 8 rings (SSSR count). The molecule has 3 amide bonds. The lowest BCUT2D eigenvalue weighted by molar-refractivity contribution is -0.200. The van der Waals surface area contributed by atoms with Crippen LogP contribution in [0, 0.1) is 70.0 Å². The van der Waals surface area contributed by atoms with Crippen molar-refractivity contribution in [2.75, 3.05) is 77.9 Å². The smallest absolute Gasteiger partial charge is 0.407 e. The number of Topliss-reactive ketones (excluding diaryl/α,β-unsaturated/α-hetero) is 2. The summed E-state index contributed by atoms with van der Waals surface area (Å²) < 4.78 is 47.1. The van der Waals surface area contributed by atoms with Crippen molar-refractivity contribution in [3.8, 4) is 17.6 Å². The summed E-state index contributed by atoms with van der Waals surface area (Å²) in [5, 5.41) is 20.5. The number of benzene rings is 1. The van der Waals surface area contributed by atoms with Gasteiger partial charge in [0.2, 0.25) is 17.6 Å². The number of carbonyl (C=O) groups excluding carboxylic acids is 6. The van der Waals surface area contributed by atoms with Crippen molar-refractivity contribution in [1.29, 1.82) is 0 Å². The zero-order chi connectivity index (χ0) is 57.0. The van der Waals surface area contributed by atoms with Crippen LogP contribution in [0.15, 0.2) is 48.1 Å². The SMILES string of the molecule is CCCC1O[C@@H]2C[C@H]3[C@@H]4CCC5=CC(=O)C=C[C@]5(C)[C@H]4[C@@H](O)C[C@]3(C)[C@]2(C(=O)COc2ccc(NC(=O)[C@H](C)CC(=O)[C@@H](NC(=O)CCOCCOCCOCCOCCNC(=O)OCC3C4CCC#CCCC43)C(C)C)cc2)O1. The normalized spacial score (nSPS) is 31.5. The van der Waals surface area contributed by atoms with Gasteiger partial charge >= 0.3 is 6.09 Å². The standard InChI is InChI=1S/C62H87N3O15/c1-7-12-55-79-53-35-49-47-20-15-41-34-43(66)21-23-60(41,5)56(47)51(68)36-61(49,6)62(53,80-55)52(69)38-77-44-18-16-42(17-19-44)64-58(71)40(4)33-50(67)57(39(2)3)65-54(70)22-25-73-27-29-75-31-32-76-30-28-74-26-24-63-59(72)78-37-48-45-13-10-8-9-11-14-46(45)48/h16-19,21,23,34,39-40,45-49,51,53,55-57,68H,7,10-15,20,22,24-33,35-38H2,1-6H3,(H,63,72)(H,64,71)(H,65,70)/t40-,45?,46?,47+,48?,49+,51+,53-,55?,56-,57+,60+,61+,62-/m1/s1. The number of aliphatic hydroxyl groups excluding tert-OH is 1. The average Bonchev–Trinajstić information content (AvgIpc) is 3.28. The van der Waals surface area contributed by atoms with Crippen LogP contribution in [0.4, 0.5) is 10.5 Å². The number of allylic oxidation sites excluding steroid dienone is 4. The van der Waals surface area contributed by atoms with E-state index in [4.69, 9.17) is 37.9 Å². The van der Waals surface area contributed by atoms with Gasteiger partial charge in [-0.15, -0.1) is 11.8 Å². The number of fused-ring (bicyclic) bond motifs is 8. The number of alkyl carbamates (subject to hydrolysis) is 1.